The normalized spacial score (nSPS) is 10.8. The molecule has 0 aromatic carbocycles. The molecule has 0 radical (unpaired) electrons. The van der Waals surface area contributed by atoms with Gasteiger partial charge in [-0.2, -0.15) is 0 Å². The standard InChI is InChI=1S/C8H10BrClN2/c1-5(2)3-6-7(9)8(10)12-4-11-6/h4-5H,3H2,1-2H3. The van der Waals surface area contributed by atoms with Crippen molar-refractivity contribution in [1.29, 1.82) is 0 Å². The highest BCUT2D eigenvalue weighted by Gasteiger charge is 2.07. The molecule has 0 saturated carbocycles. The fraction of sp³-hybridized carbons (Fsp3) is 0.500. The van der Waals surface area contributed by atoms with Crippen LogP contribution in [0.15, 0.2) is 10.8 Å². The third-order valence-corrected chi connectivity index (χ3v) is 2.77. The summed E-state index contributed by atoms with van der Waals surface area (Å²) in [4.78, 5) is 7.99. The fourth-order valence-electron chi connectivity index (χ4n) is 0.911. The lowest BCUT2D eigenvalue weighted by molar-refractivity contribution is 0.631. The highest BCUT2D eigenvalue weighted by molar-refractivity contribution is 9.10. The number of halogens is 2. The molecule has 0 N–H and O–H groups in total. The predicted molar refractivity (Wildman–Crippen MR) is 53.3 cm³/mol. The lowest BCUT2D eigenvalue weighted by Gasteiger charge is -2.05. The van der Waals surface area contributed by atoms with Crippen molar-refractivity contribution in [1.82, 2.24) is 9.97 Å². The van der Waals surface area contributed by atoms with Crippen molar-refractivity contribution >= 4 is 27.5 Å². The van der Waals surface area contributed by atoms with Crippen LogP contribution >= 0.6 is 27.5 Å². The monoisotopic (exact) mass is 248 g/mol. The molecule has 0 saturated heterocycles. The van der Waals surface area contributed by atoms with Gasteiger partial charge in [0, 0.05) is 0 Å². The number of hydrogen-bond donors (Lipinski definition) is 0. The Balaban J connectivity index is 2.92. The molecule has 0 aliphatic carbocycles. The van der Waals surface area contributed by atoms with Gasteiger partial charge >= 0.3 is 0 Å². The van der Waals surface area contributed by atoms with Crippen molar-refractivity contribution < 1.29 is 0 Å². The Kier molecular flexibility index (Phi) is 3.47. The predicted octanol–water partition coefficient (Wildman–Crippen LogP) is 3.09. The minimum Gasteiger partial charge on any atom is -0.240 e. The summed E-state index contributed by atoms with van der Waals surface area (Å²) in [5.41, 5.74) is 0.977. The third-order valence-electron chi connectivity index (χ3n) is 1.42. The van der Waals surface area contributed by atoms with Gasteiger partial charge in [0.25, 0.3) is 0 Å². The van der Waals surface area contributed by atoms with Crippen LogP contribution in [0.4, 0.5) is 0 Å². The fourth-order valence-corrected chi connectivity index (χ4v) is 1.43. The SMILES string of the molecule is CC(C)Cc1ncnc(Cl)c1Br. The van der Waals surface area contributed by atoms with Crippen LogP contribution in [0.5, 0.6) is 0 Å². The Morgan fingerprint density at radius 2 is 2.17 bits per heavy atom. The molecular formula is C8H10BrClN2. The minimum atomic E-state index is 0.487. The van der Waals surface area contributed by atoms with Crippen molar-refractivity contribution in [3.63, 3.8) is 0 Å². The topological polar surface area (TPSA) is 25.8 Å². The van der Waals surface area contributed by atoms with E-state index in [1.165, 1.54) is 6.33 Å². The van der Waals surface area contributed by atoms with Gasteiger partial charge in [-0.1, -0.05) is 25.4 Å². The molecule has 1 rings (SSSR count). The summed E-state index contributed by atoms with van der Waals surface area (Å²) in [5.74, 6) is 0.576. The van der Waals surface area contributed by atoms with E-state index in [9.17, 15) is 0 Å². The van der Waals surface area contributed by atoms with Crippen LogP contribution in [-0.2, 0) is 6.42 Å². The Labute approximate surface area is 85.5 Å². The molecule has 2 nitrogen and oxygen atoms in total. The van der Waals surface area contributed by atoms with E-state index in [4.69, 9.17) is 11.6 Å². The number of nitrogens with zero attached hydrogens (tertiary/aromatic N) is 2. The Morgan fingerprint density at radius 3 is 2.75 bits per heavy atom. The molecule has 12 heavy (non-hydrogen) atoms. The zero-order valence-electron chi connectivity index (χ0n) is 7.01. The van der Waals surface area contributed by atoms with Gasteiger partial charge in [-0.15, -0.1) is 0 Å². The molecule has 0 unspecified atom stereocenters. The van der Waals surface area contributed by atoms with Crippen molar-refractivity contribution in [3.05, 3.63) is 21.6 Å². The number of aromatic nitrogens is 2. The summed E-state index contributed by atoms with van der Waals surface area (Å²) in [5, 5.41) is 0.487. The van der Waals surface area contributed by atoms with Gasteiger partial charge in [-0.05, 0) is 28.3 Å². The Hall–Kier alpha value is -0.150. The highest BCUT2D eigenvalue weighted by atomic mass is 79.9. The average Bonchev–Trinajstić information content (AvgIpc) is 1.98. The van der Waals surface area contributed by atoms with Crippen LogP contribution in [-0.4, -0.2) is 9.97 Å². The zero-order chi connectivity index (χ0) is 9.14. The largest absolute Gasteiger partial charge is 0.240 e. The second-order valence-corrected chi connectivity index (χ2v) is 4.17. The summed E-state index contributed by atoms with van der Waals surface area (Å²) >= 11 is 9.15. The minimum absolute atomic E-state index is 0.487. The summed E-state index contributed by atoms with van der Waals surface area (Å²) in [6.07, 6.45) is 2.41. The number of hydrogen-bond acceptors (Lipinski definition) is 2. The summed E-state index contributed by atoms with van der Waals surface area (Å²) in [6.45, 7) is 4.28. The van der Waals surface area contributed by atoms with E-state index in [2.05, 4.69) is 39.7 Å². The zero-order valence-corrected chi connectivity index (χ0v) is 9.35. The molecule has 0 aliphatic rings. The van der Waals surface area contributed by atoms with Gasteiger partial charge in [0.2, 0.25) is 0 Å². The molecule has 1 heterocycles. The first-order valence-corrected chi connectivity index (χ1v) is 4.93. The van der Waals surface area contributed by atoms with Gasteiger partial charge in [0.1, 0.15) is 11.5 Å². The molecule has 1 aromatic rings. The first-order chi connectivity index (χ1) is 5.61. The number of rotatable bonds is 2. The lowest BCUT2D eigenvalue weighted by atomic mass is 10.1. The first kappa shape index (κ1) is 9.93. The van der Waals surface area contributed by atoms with Crippen LogP contribution in [0.3, 0.4) is 0 Å². The summed E-state index contributed by atoms with van der Waals surface area (Å²) in [6, 6.07) is 0. The molecule has 1 aromatic heterocycles. The van der Waals surface area contributed by atoms with Crippen LogP contribution in [0.2, 0.25) is 5.15 Å². The van der Waals surface area contributed by atoms with Crippen molar-refractivity contribution in [2.75, 3.05) is 0 Å². The average molecular weight is 250 g/mol. The maximum Gasteiger partial charge on any atom is 0.146 e. The smallest absolute Gasteiger partial charge is 0.146 e. The van der Waals surface area contributed by atoms with Gasteiger partial charge in [-0.3, -0.25) is 0 Å². The van der Waals surface area contributed by atoms with E-state index in [-0.39, 0.29) is 0 Å². The molecule has 66 valence electrons. The van der Waals surface area contributed by atoms with Gasteiger partial charge in [0.15, 0.2) is 0 Å². The molecule has 0 bridgehead atoms. The van der Waals surface area contributed by atoms with E-state index in [1.54, 1.807) is 0 Å². The van der Waals surface area contributed by atoms with Gasteiger partial charge in [-0.25, -0.2) is 9.97 Å². The Morgan fingerprint density at radius 1 is 1.50 bits per heavy atom. The molecule has 0 amide bonds. The molecule has 0 spiro atoms. The molecule has 0 fully saturated rings. The summed E-state index contributed by atoms with van der Waals surface area (Å²) in [7, 11) is 0. The highest BCUT2D eigenvalue weighted by Crippen LogP contribution is 2.23. The molecule has 0 aliphatic heterocycles. The van der Waals surface area contributed by atoms with Gasteiger partial charge in [0.05, 0.1) is 10.2 Å². The van der Waals surface area contributed by atoms with E-state index in [1.807, 2.05) is 0 Å². The Bertz CT molecular complexity index is 276. The van der Waals surface area contributed by atoms with Gasteiger partial charge < -0.3 is 0 Å². The van der Waals surface area contributed by atoms with Crippen molar-refractivity contribution in [2.24, 2.45) is 5.92 Å². The molecule has 0 atom stereocenters. The van der Waals surface area contributed by atoms with Crippen LogP contribution < -0.4 is 0 Å². The second-order valence-electron chi connectivity index (χ2n) is 3.02. The van der Waals surface area contributed by atoms with E-state index in [0.717, 1.165) is 16.6 Å². The van der Waals surface area contributed by atoms with E-state index >= 15 is 0 Å². The second kappa shape index (κ2) is 4.19. The van der Waals surface area contributed by atoms with Crippen molar-refractivity contribution in [3.8, 4) is 0 Å². The van der Waals surface area contributed by atoms with Crippen LogP contribution in [0.1, 0.15) is 19.5 Å². The first-order valence-electron chi connectivity index (χ1n) is 3.76. The maximum atomic E-state index is 5.80. The van der Waals surface area contributed by atoms with Crippen molar-refractivity contribution in [2.45, 2.75) is 20.3 Å². The molecule has 4 heteroatoms. The van der Waals surface area contributed by atoms with E-state index in [0.29, 0.717) is 11.1 Å². The summed E-state index contributed by atoms with van der Waals surface area (Å²) < 4.78 is 0.820. The maximum absolute atomic E-state index is 5.80. The van der Waals surface area contributed by atoms with Crippen LogP contribution in [0, 0.1) is 5.92 Å². The van der Waals surface area contributed by atoms with Crippen LogP contribution in [0.25, 0.3) is 0 Å². The lowest BCUT2D eigenvalue weighted by Crippen LogP contribution is -1.99. The third kappa shape index (κ3) is 2.42. The van der Waals surface area contributed by atoms with E-state index < -0.39 is 0 Å². The quantitative estimate of drug-likeness (QED) is 0.753. The molecular weight excluding hydrogens is 239 g/mol.